The van der Waals surface area contributed by atoms with Crippen molar-refractivity contribution in [2.75, 3.05) is 17.4 Å². The van der Waals surface area contributed by atoms with Crippen molar-refractivity contribution in [3.05, 3.63) is 94.8 Å². The SMILES string of the molecule is Cc1ccc(S(=O)(=O)N(CC(=O)N(Cc2ccc(F)cc2)[C@@H](C)C(=O)NCC(C)C)c2ccc(C)cc2C)cc1. The number of sulfonamides is 1. The molecule has 0 saturated heterocycles. The van der Waals surface area contributed by atoms with Crippen molar-refractivity contribution in [2.24, 2.45) is 5.92 Å². The fourth-order valence-electron chi connectivity index (χ4n) is 4.26. The van der Waals surface area contributed by atoms with Crippen LogP contribution in [0.4, 0.5) is 10.1 Å². The van der Waals surface area contributed by atoms with Crippen molar-refractivity contribution >= 4 is 27.5 Å². The molecule has 0 aliphatic rings. The Morgan fingerprint density at radius 1 is 0.875 bits per heavy atom. The largest absolute Gasteiger partial charge is 0.354 e. The highest BCUT2D eigenvalue weighted by Crippen LogP contribution is 2.28. The first kappa shape index (κ1) is 30.8. The molecule has 0 spiro atoms. The lowest BCUT2D eigenvalue weighted by atomic mass is 10.1. The maximum absolute atomic E-state index is 14.0. The van der Waals surface area contributed by atoms with Gasteiger partial charge in [-0.25, -0.2) is 12.8 Å². The molecule has 40 heavy (non-hydrogen) atoms. The lowest BCUT2D eigenvalue weighted by Crippen LogP contribution is -2.51. The summed E-state index contributed by atoms with van der Waals surface area (Å²) in [6, 6.07) is 16.5. The number of nitrogens with zero attached hydrogens (tertiary/aromatic N) is 2. The Bertz CT molecular complexity index is 1440. The Kier molecular flexibility index (Phi) is 10.1. The number of hydrogen-bond donors (Lipinski definition) is 1. The molecule has 0 radical (unpaired) electrons. The van der Waals surface area contributed by atoms with Crippen molar-refractivity contribution in [3.63, 3.8) is 0 Å². The van der Waals surface area contributed by atoms with Crippen molar-refractivity contribution < 1.29 is 22.4 Å². The Hall–Kier alpha value is -3.72. The molecule has 0 aliphatic carbocycles. The van der Waals surface area contributed by atoms with Gasteiger partial charge in [0.1, 0.15) is 18.4 Å². The number of aryl methyl sites for hydroxylation is 3. The van der Waals surface area contributed by atoms with Gasteiger partial charge in [0.15, 0.2) is 0 Å². The maximum Gasteiger partial charge on any atom is 0.264 e. The first-order valence-corrected chi connectivity index (χ1v) is 14.7. The molecule has 0 heterocycles. The average Bonchev–Trinajstić information content (AvgIpc) is 2.90. The third-order valence-corrected chi connectivity index (χ3v) is 8.40. The predicted molar refractivity (Wildman–Crippen MR) is 156 cm³/mol. The number of benzene rings is 3. The molecule has 0 unspecified atom stereocenters. The normalized spacial score (nSPS) is 12.2. The molecule has 3 aromatic carbocycles. The first-order valence-electron chi connectivity index (χ1n) is 13.3. The van der Waals surface area contributed by atoms with Gasteiger partial charge in [-0.1, -0.05) is 61.4 Å². The molecular weight excluding hydrogens is 529 g/mol. The highest BCUT2D eigenvalue weighted by molar-refractivity contribution is 7.92. The molecule has 0 aromatic heterocycles. The van der Waals surface area contributed by atoms with E-state index in [1.165, 1.54) is 29.2 Å². The monoisotopic (exact) mass is 567 g/mol. The number of carbonyl (C=O) groups is 2. The first-order chi connectivity index (χ1) is 18.8. The summed E-state index contributed by atoms with van der Waals surface area (Å²) < 4.78 is 42.6. The van der Waals surface area contributed by atoms with Gasteiger partial charge >= 0.3 is 0 Å². The molecule has 2 amide bonds. The van der Waals surface area contributed by atoms with Crippen LogP contribution in [0.15, 0.2) is 71.6 Å². The third kappa shape index (κ3) is 7.69. The fraction of sp³-hybridized carbons (Fsp3) is 0.355. The van der Waals surface area contributed by atoms with Crippen LogP contribution in [0, 0.1) is 32.5 Å². The zero-order valence-electron chi connectivity index (χ0n) is 23.9. The van der Waals surface area contributed by atoms with Crippen LogP contribution in [0.5, 0.6) is 0 Å². The summed E-state index contributed by atoms with van der Waals surface area (Å²) in [4.78, 5) is 28.4. The lowest BCUT2D eigenvalue weighted by Gasteiger charge is -2.32. The van der Waals surface area contributed by atoms with Crippen molar-refractivity contribution in [3.8, 4) is 0 Å². The number of carbonyl (C=O) groups excluding carboxylic acids is 2. The molecule has 214 valence electrons. The van der Waals surface area contributed by atoms with E-state index in [0.717, 1.165) is 15.4 Å². The Morgan fingerprint density at radius 2 is 1.48 bits per heavy atom. The van der Waals surface area contributed by atoms with Gasteiger partial charge in [-0.05, 0) is 75.1 Å². The number of hydrogen-bond acceptors (Lipinski definition) is 4. The van der Waals surface area contributed by atoms with Crippen LogP contribution < -0.4 is 9.62 Å². The van der Waals surface area contributed by atoms with Gasteiger partial charge in [0.05, 0.1) is 10.6 Å². The molecule has 0 saturated carbocycles. The van der Waals surface area contributed by atoms with E-state index in [2.05, 4.69) is 5.32 Å². The summed E-state index contributed by atoms with van der Waals surface area (Å²) in [6.07, 6.45) is 0. The van der Waals surface area contributed by atoms with Gasteiger partial charge in [-0.3, -0.25) is 13.9 Å². The van der Waals surface area contributed by atoms with E-state index in [9.17, 15) is 22.4 Å². The summed E-state index contributed by atoms with van der Waals surface area (Å²) in [5.74, 6) is -1.14. The molecule has 0 aliphatic heterocycles. The van der Waals surface area contributed by atoms with Crippen molar-refractivity contribution in [1.82, 2.24) is 10.2 Å². The Labute approximate surface area is 237 Å². The minimum absolute atomic E-state index is 0.000672. The number of halogens is 1. The summed E-state index contributed by atoms with van der Waals surface area (Å²) in [5.41, 5.74) is 3.53. The second-order valence-electron chi connectivity index (χ2n) is 10.6. The number of nitrogens with one attached hydrogen (secondary N) is 1. The van der Waals surface area contributed by atoms with E-state index in [0.29, 0.717) is 23.4 Å². The molecule has 1 N–H and O–H groups in total. The van der Waals surface area contributed by atoms with Crippen LogP contribution in [0.25, 0.3) is 0 Å². The molecule has 9 heteroatoms. The highest BCUT2D eigenvalue weighted by atomic mass is 32.2. The molecule has 1 atom stereocenters. The van der Waals surface area contributed by atoms with Crippen molar-refractivity contribution in [1.29, 1.82) is 0 Å². The minimum Gasteiger partial charge on any atom is -0.354 e. The molecule has 7 nitrogen and oxygen atoms in total. The van der Waals surface area contributed by atoms with Crippen LogP contribution in [0.2, 0.25) is 0 Å². The highest BCUT2D eigenvalue weighted by Gasteiger charge is 2.33. The van der Waals surface area contributed by atoms with Crippen molar-refractivity contribution in [2.45, 2.75) is 59.0 Å². The van der Waals surface area contributed by atoms with Gasteiger partial charge in [0.25, 0.3) is 10.0 Å². The van der Waals surface area contributed by atoms with Crippen LogP contribution in [-0.2, 0) is 26.2 Å². The third-order valence-electron chi connectivity index (χ3n) is 6.63. The van der Waals surface area contributed by atoms with E-state index >= 15 is 0 Å². The standard InChI is InChI=1S/C31H38FN3O4S/c1-21(2)18-33-31(37)25(6)34(19-26-10-12-27(32)13-11-26)30(36)20-35(29-16-9-23(4)17-24(29)5)40(38,39)28-14-7-22(3)8-15-28/h7-17,21,25H,18-20H2,1-6H3,(H,33,37)/t25-/m0/s1. The van der Waals surface area contributed by atoms with Gasteiger partial charge in [0, 0.05) is 13.1 Å². The van der Waals surface area contributed by atoms with Crippen LogP contribution in [0.3, 0.4) is 0 Å². The summed E-state index contributed by atoms with van der Waals surface area (Å²) >= 11 is 0. The maximum atomic E-state index is 14.0. The summed E-state index contributed by atoms with van der Waals surface area (Å²) in [5, 5.41) is 2.85. The van der Waals surface area contributed by atoms with E-state index in [1.807, 2.05) is 33.8 Å². The number of rotatable bonds is 11. The molecular formula is C31H38FN3O4S. The lowest BCUT2D eigenvalue weighted by molar-refractivity contribution is -0.139. The number of anilines is 1. The quantitative estimate of drug-likeness (QED) is 0.348. The second kappa shape index (κ2) is 13.1. The van der Waals surface area contributed by atoms with Gasteiger partial charge < -0.3 is 10.2 Å². The molecule has 0 bridgehead atoms. The smallest absolute Gasteiger partial charge is 0.264 e. The fourth-order valence-corrected chi connectivity index (χ4v) is 5.74. The molecule has 3 rings (SSSR count). The van der Waals surface area contributed by atoms with E-state index in [1.54, 1.807) is 50.2 Å². The minimum atomic E-state index is -4.15. The Morgan fingerprint density at radius 3 is 2.05 bits per heavy atom. The van der Waals surface area contributed by atoms with Crippen LogP contribution >= 0.6 is 0 Å². The predicted octanol–water partition coefficient (Wildman–Crippen LogP) is 5.14. The van der Waals surface area contributed by atoms with Gasteiger partial charge in [0.2, 0.25) is 11.8 Å². The summed E-state index contributed by atoms with van der Waals surface area (Å²) in [7, 11) is -4.15. The van der Waals surface area contributed by atoms with Crippen LogP contribution in [-0.4, -0.2) is 44.3 Å². The zero-order chi connectivity index (χ0) is 29.6. The van der Waals surface area contributed by atoms with Crippen LogP contribution in [0.1, 0.15) is 43.0 Å². The number of amides is 2. The van der Waals surface area contributed by atoms with Gasteiger partial charge in [-0.2, -0.15) is 0 Å². The zero-order valence-corrected chi connectivity index (χ0v) is 24.8. The Balaban J connectivity index is 2.04. The van der Waals surface area contributed by atoms with E-state index < -0.39 is 34.3 Å². The molecule has 0 fully saturated rings. The second-order valence-corrected chi connectivity index (χ2v) is 12.4. The van der Waals surface area contributed by atoms with E-state index in [-0.39, 0.29) is 23.3 Å². The van der Waals surface area contributed by atoms with E-state index in [4.69, 9.17) is 0 Å². The summed E-state index contributed by atoms with van der Waals surface area (Å²) in [6.45, 7) is 11.0. The average molecular weight is 568 g/mol. The molecule has 3 aromatic rings. The van der Waals surface area contributed by atoms with Gasteiger partial charge in [-0.15, -0.1) is 0 Å². The topological polar surface area (TPSA) is 86.8 Å².